The highest BCUT2D eigenvalue weighted by molar-refractivity contribution is 9.10. The summed E-state index contributed by atoms with van der Waals surface area (Å²) in [5.74, 6) is -0.713. The highest BCUT2D eigenvalue weighted by Crippen LogP contribution is 2.17. The Balaban J connectivity index is 2.46. The molecule has 1 amide bonds. The molecule has 1 atom stereocenters. The largest absolute Gasteiger partial charge is 0.382 e. The van der Waals surface area contributed by atoms with Crippen molar-refractivity contribution in [3.63, 3.8) is 0 Å². The number of carbonyl (C=O) groups is 1. The minimum absolute atomic E-state index is 0.162. The van der Waals surface area contributed by atoms with Crippen molar-refractivity contribution in [3.05, 3.63) is 33.8 Å². The fourth-order valence-electron chi connectivity index (χ4n) is 1.24. The van der Waals surface area contributed by atoms with Gasteiger partial charge in [-0.15, -0.1) is 0 Å². The van der Waals surface area contributed by atoms with Crippen molar-refractivity contribution in [1.82, 2.24) is 5.32 Å². The molecule has 0 saturated heterocycles. The molecule has 0 bridgehead atoms. The zero-order valence-corrected chi connectivity index (χ0v) is 10.6. The van der Waals surface area contributed by atoms with Crippen LogP contribution in [0.15, 0.2) is 22.7 Å². The van der Waals surface area contributed by atoms with Crippen LogP contribution >= 0.6 is 15.9 Å². The fraction of sp³-hybridized carbons (Fsp3) is 0.364. The van der Waals surface area contributed by atoms with Gasteiger partial charge in [-0.1, -0.05) is 28.1 Å². The third-order valence-electron chi connectivity index (χ3n) is 2.19. The second-order valence-electron chi connectivity index (χ2n) is 3.64. The number of hydrogen-bond donors (Lipinski definition) is 3. The molecule has 88 valence electrons. The number of benzene rings is 1. The van der Waals surface area contributed by atoms with Crippen molar-refractivity contribution in [1.29, 1.82) is 0 Å². The lowest BCUT2D eigenvalue weighted by molar-refractivity contribution is -0.125. The highest BCUT2D eigenvalue weighted by atomic mass is 79.9. The minimum Gasteiger partial charge on any atom is -0.382 e. The first-order chi connectivity index (χ1) is 7.50. The average Bonchev–Trinajstić information content (AvgIpc) is 2.20. The molecule has 1 unspecified atom stereocenters. The van der Waals surface area contributed by atoms with E-state index in [4.69, 9.17) is 10.8 Å². The molecule has 0 aliphatic heterocycles. The van der Waals surface area contributed by atoms with Crippen LogP contribution in [0.5, 0.6) is 0 Å². The summed E-state index contributed by atoms with van der Waals surface area (Å²) in [6, 6.07) is 6.01. The van der Waals surface area contributed by atoms with Crippen molar-refractivity contribution >= 4 is 21.8 Å². The van der Waals surface area contributed by atoms with E-state index in [1.807, 2.05) is 25.1 Å². The molecule has 16 heavy (non-hydrogen) atoms. The van der Waals surface area contributed by atoms with E-state index < -0.39 is 12.0 Å². The van der Waals surface area contributed by atoms with Crippen molar-refractivity contribution in [2.45, 2.75) is 19.6 Å². The van der Waals surface area contributed by atoms with E-state index in [1.165, 1.54) is 5.56 Å². The van der Waals surface area contributed by atoms with Gasteiger partial charge in [-0.25, -0.2) is 0 Å². The van der Waals surface area contributed by atoms with Crippen molar-refractivity contribution in [2.24, 2.45) is 5.73 Å². The molecule has 0 fully saturated rings. The zero-order valence-electron chi connectivity index (χ0n) is 9.03. The maximum absolute atomic E-state index is 10.6. The van der Waals surface area contributed by atoms with Crippen LogP contribution in [0.25, 0.3) is 0 Å². The number of rotatable bonds is 5. The van der Waals surface area contributed by atoms with E-state index in [2.05, 4.69) is 21.2 Å². The molecule has 5 heteroatoms. The van der Waals surface area contributed by atoms with Gasteiger partial charge in [0.05, 0.1) is 0 Å². The molecule has 0 aliphatic rings. The Kier molecular flexibility index (Phi) is 4.92. The summed E-state index contributed by atoms with van der Waals surface area (Å²) >= 11 is 3.45. The van der Waals surface area contributed by atoms with E-state index in [9.17, 15) is 4.79 Å². The number of aryl methyl sites for hydroxylation is 1. The van der Waals surface area contributed by atoms with Gasteiger partial charge in [0, 0.05) is 17.6 Å². The molecule has 0 spiro atoms. The number of nitrogens with one attached hydrogen (secondary N) is 1. The number of halogens is 1. The lowest BCUT2D eigenvalue weighted by Gasteiger charge is -2.10. The van der Waals surface area contributed by atoms with Gasteiger partial charge in [0.15, 0.2) is 0 Å². The molecule has 0 aliphatic carbocycles. The summed E-state index contributed by atoms with van der Waals surface area (Å²) in [6.45, 7) is 2.75. The molecule has 0 saturated carbocycles. The van der Waals surface area contributed by atoms with Gasteiger partial charge >= 0.3 is 0 Å². The number of nitrogens with two attached hydrogens (primary N) is 1. The van der Waals surface area contributed by atoms with Crippen LogP contribution in [0.1, 0.15) is 11.1 Å². The first kappa shape index (κ1) is 13.2. The van der Waals surface area contributed by atoms with Gasteiger partial charge < -0.3 is 16.2 Å². The normalized spacial score (nSPS) is 12.4. The summed E-state index contributed by atoms with van der Waals surface area (Å²) in [4.78, 5) is 10.6. The van der Waals surface area contributed by atoms with E-state index >= 15 is 0 Å². The first-order valence-corrected chi connectivity index (χ1v) is 5.73. The van der Waals surface area contributed by atoms with E-state index in [0.29, 0.717) is 6.54 Å². The third-order valence-corrected chi connectivity index (χ3v) is 2.93. The first-order valence-electron chi connectivity index (χ1n) is 4.94. The molecule has 1 aromatic carbocycles. The molecule has 0 aromatic heterocycles. The van der Waals surface area contributed by atoms with Crippen LogP contribution in [0.4, 0.5) is 0 Å². The number of carbonyl (C=O) groups excluding carboxylic acids is 1. The van der Waals surface area contributed by atoms with Gasteiger partial charge in [-0.3, -0.25) is 4.79 Å². The molecule has 1 rings (SSSR count). The van der Waals surface area contributed by atoms with E-state index in [1.54, 1.807) is 0 Å². The molecule has 0 radical (unpaired) electrons. The van der Waals surface area contributed by atoms with Crippen molar-refractivity contribution < 1.29 is 9.90 Å². The molecule has 4 N–H and O–H groups in total. The lowest BCUT2D eigenvalue weighted by Crippen LogP contribution is -2.37. The summed E-state index contributed by atoms with van der Waals surface area (Å²) in [7, 11) is 0. The zero-order chi connectivity index (χ0) is 12.1. The van der Waals surface area contributed by atoms with Crippen molar-refractivity contribution in [3.8, 4) is 0 Å². The maximum atomic E-state index is 10.6. The smallest absolute Gasteiger partial charge is 0.247 e. The van der Waals surface area contributed by atoms with Crippen LogP contribution in [0.2, 0.25) is 0 Å². The SMILES string of the molecule is Cc1ccc(CNCC(O)C(N)=O)c(Br)c1. The monoisotopic (exact) mass is 286 g/mol. The van der Waals surface area contributed by atoms with Crippen LogP contribution in [0.3, 0.4) is 0 Å². The predicted octanol–water partition coefficient (Wildman–Crippen LogP) is 0.693. The predicted molar refractivity (Wildman–Crippen MR) is 65.8 cm³/mol. The Labute approximate surface area is 103 Å². The lowest BCUT2D eigenvalue weighted by atomic mass is 10.1. The second-order valence-corrected chi connectivity index (χ2v) is 4.50. The fourth-order valence-corrected chi connectivity index (χ4v) is 1.87. The Hall–Kier alpha value is -0.910. The summed E-state index contributed by atoms with van der Waals surface area (Å²) in [5, 5.41) is 12.1. The Morgan fingerprint density at radius 1 is 1.62 bits per heavy atom. The van der Waals surface area contributed by atoms with E-state index in [0.717, 1.165) is 10.0 Å². The topological polar surface area (TPSA) is 75.3 Å². The third kappa shape index (κ3) is 3.92. The molecule has 1 aromatic rings. The van der Waals surface area contributed by atoms with Crippen LogP contribution in [-0.4, -0.2) is 23.7 Å². The average molecular weight is 287 g/mol. The number of hydrogen-bond acceptors (Lipinski definition) is 3. The standard InChI is InChI=1S/C11H15BrN2O2/c1-7-2-3-8(9(12)4-7)5-14-6-10(15)11(13)16/h2-4,10,14-15H,5-6H2,1H3,(H2,13,16). The van der Waals surface area contributed by atoms with Gasteiger partial charge in [0.1, 0.15) is 6.10 Å². The van der Waals surface area contributed by atoms with Gasteiger partial charge in [0.2, 0.25) is 5.91 Å². The Morgan fingerprint density at radius 2 is 2.31 bits per heavy atom. The maximum Gasteiger partial charge on any atom is 0.247 e. The number of primary amides is 1. The minimum atomic E-state index is -1.13. The summed E-state index contributed by atoms with van der Waals surface area (Å²) in [6.07, 6.45) is -1.13. The van der Waals surface area contributed by atoms with Gasteiger partial charge in [-0.2, -0.15) is 0 Å². The number of aliphatic hydroxyl groups excluding tert-OH is 1. The van der Waals surface area contributed by atoms with Crippen LogP contribution in [-0.2, 0) is 11.3 Å². The van der Waals surface area contributed by atoms with Gasteiger partial charge in [0.25, 0.3) is 0 Å². The molecular weight excluding hydrogens is 272 g/mol. The van der Waals surface area contributed by atoms with Crippen molar-refractivity contribution in [2.75, 3.05) is 6.54 Å². The second kappa shape index (κ2) is 5.98. The summed E-state index contributed by atoms with van der Waals surface area (Å²) < 4.78 is 1.01. The molecule has 0 heterocycles. The highest BCUT2D eigenvalue weighted by Gasteiger charge is 2.09. The van der Waals surface area contributed by atoms with Gasteiger partial charge in [-0.05, 0) is 24.1 Å². The molecular formula is C11H15BrN2O2. The van der Waals surface area contributed by atoms with E-state index in [-0.39, 0.29) is 6.54 Å². The van der Waals surface area contributed by atoms with Crippen LogP contribution in [0, 0.1) is 6.92 Å². The summed E-state index contributed by atoms with van der Waals surface area (Å²) in [5.41, 5.74) is 7.17. The quantitative estimate of drug-likeness (QED) is 0.746. The number of amides is 1. The van der Waals surface area contributed by atoms with Crippen LogP contribution < -0.4 is 11.1 Å². The molecule has 4 nitrogen and oxygen atoms in total. The Morgan fingerprint density at radius 3 is 2.88 bits per heavy atom. The Bertz CT molecular complexity index is 382. The number of aliphatic hydroxyl groups is 1.